The third-order valence-electron chi connectivity index (χ3n) is 17.1. The molecule has 2 spiro atoms. The fraction of sp³-hybridized carbons (Fsp3) is 0.976. The molecular weight excluding hydrogens is 716 g/mol. The average molecular weight is 783 g/mol. The summed E-state index contributed by atoms with van der Waals surface area (Å²) in [6.07, 6.45) is -6.41. The van der Waals surface area contributed by atoms with Gasteiger partial charge in [-0.2, -0.15) is 0 Å². The monoisotopic (exact) mass is 782 g/mol. The number of aliphatic hydroxyl groups excluding tert-OH is 6. The number of ether oxygens (including phenoxy) is 7. The second-order valence-electron chi connectivity index (χ2n) is 19.8. The second kappa shape index (κ2) is 14.0. The van der Waals surface area contributed by atoms with Crippen LogP contribution < -0.4 is 0 Å². The molecule has 8 aliphatic rings. The van der Waals surface area contributed by atoms with Crippen molar-refractivity contribution in [3.8, 4) is 0 Å². The maximum absolute atomic E-state index is 12.9. The van der Waals surface area contributed by atoms with Crippen molar-refractivity contribution >= 4 is 5.97 Å². The summed E-state index contributed by atoms with van der Waals surface area (Å²) in [6, 6.07) is 0. The van der Waals surface area contributed by atoms with Crippen LogP contribution >= 0.6 is 0 Å². The molecule has 3 aliphatic heterocycles. The summed E-state index contributed by atoms with van der Waals surface area (Å²) in [6.45, 7) is 15.0. The van der Waals surface area contributed by atoms with E-state index in [1.165, 1.54) is 6.92 Å². The van der Waals surface area contributed by atoms with E-state index in [4.69, 9.17) is 33.2 Å². The molecule has 0 bridgehead atoms. The summed E-state index contributed by atoms with van der Waals surface area (Å²) >= 11 is 0. The fourth-order valence-corrected chi connectivity index (χ4v) is 14.6. The number of fused-ring (bicyclic) bond motifs is 4. The SMILES string of the molecule is CCO[C@H]1C[C@@H](C)[C@@H]2[C@H](C[C@@]3(C)[C@@H]4C[C@H](OC(C)=O)[C@H]5C(C)(C)[C@@H](O[C@@H]6OC[C@@H](O)[C@H](O)[C@H]6O[C@@H]6O[C@H](CO)[C@@H](O)[C@H](O)[C@H]6O)CC[C@@]56C[C@@]46CC[C@]23C)O1. The van der Waals surface area contributed by atoms with Gasteiger partial charge in [0, 0.05) is 25.9 Å². The van der Waals surface area contributed by atoms with Gasteiger partial charge in [0.25, 0.3) is 0 Å². The highest BCUT2D eigenvalue weighted by Gasteiger charge is 2.85. The van der Waals surface area contributed by atoms with Gasteiger partial charge >= 0.3 is 5.97 Å². The lowest BCUT2D eigenvalue weighted by molar-refractivity contribution is -0.366. The van der Waals surface area contributed by atoms with Crippen LogP contribution in [0.15, 0.2) is 0 Å². The van der Waals surface area contributed by atoms with Gasteiger partial charge in [0.2, 0.25) is 0 Å². The largest absolute Gasteiger partial charge is 0.462 e. The van der Waals surface area contributed by atoms with Gasteiger partial charge in [0.05, 0.1) is 25.4 Å². The van der Waals surface area contributed by atoms with Crippen molar-refractivity contribution in [2.45, 2.75) is 180 Å². The Kier molecular flexibility index (Phi) is 10.4. The van der Waals surface area contributed by atoms with Crippen LogP contribution in [-0.4, -0.2) is 136 Å². The second-order valence-corrected chi connectivity index (χ2v) is 19.8. The van der Waals surface area contributed by atoms with Gasteiger partial charge in [-0.05, 0) is 96.7 Å². The quantitative estimate of drug-likeness (QED) is 0.154. The number of esters is 1. The minimum Gasteiger partial charge on any atom is -0.462 e. The van der Waals surface area contributed by atoms with E-state index in [0.29, 0.717) is 30.8 Å². The molecule has 8 rings (SSSR count). The van der Waals surface area contributed by atoms with E-state index in [-0.39, 0.29) is 58.7 Å². The van der Waals surface area contributed by atoms with Gasteiger partial charge in [0.1, 0.15) is 48.8 Å². The Morgan fingerprint density at radius 3 is 2.29 bits per heavy atom. The minimum atomic E-state index is -1.72. The van der Waals surface area contributed by atoms with E-state index in [0.717, 1.165) is 44.9 Å². The smallest absolute Gasteiger partial charge is 0.302 e. The lowest BCUT2D eigenvalue weighted by atomic mass is 9.41. The van der Waals surface area contributed by atoms with Crippen LogP contribution in [0.5, 0.6) is 0 Å². The molecule has 0 unspecified atom stereocenters. The molecular formula is C41H66O14. The number of aliphatic hydroxyl groups is 6. The first-order chi connectivity index (χ1) is 25.9. The first-order valence-corrected chi connectivity index (χ1v) is 20.9. The molecule has 0 aromatic heterocycles. The standard InChI is InChI=1S/C41H66O14/c1-8-49-27-13-19(2)28-23(52-27)15-39(7)25-14-22(51-20(3)43)34-37(4,5)26(9-10-41(34)18-40(25,41)12-11-38(28,39)6)54-36-33(29(45)21(44)17-50-36)55-35-32(48)31(47)30(46)24(16-42)53-35/h19,21-36,42,44-48H,8-18H2,1-7H3/t19-,21-,22+,23+,24-,25+,26+,27-,28-,29+,30-,31+,32-,33-,34+,35+,36+,38-,39+,40+,41-/m1/s1. The van der Waals surface area contributed by atoms with Crippen molar-refractivity contribution in [2.75, 3.05) is 19.8 Å². The molecule has 314 valence electrons. The lowest BCUT2D eigenvalue weighted by Gasteiger charge is -2.64. The van der Waals surface area contributed by atoms with Crippen LogP contribution in [0.25, 0.3) is 0 Å². The first kappa shape index (κ1) is 40.8. The maximum atomic E-state index is 12.9. The summed E-state index contributed by atoms with van der Waals surface area (Å²) in [4.78, 5) is 12.9. The molecule has 8 fully saturated rings. The Balaban J connectivity index is 1.06. The van der Waals surface area contributed by atoms with Crippen molar-refractivity contribution in [1.29, 1.82) is 0 Å². The molecule has 14 heteroatoms. The summed E-state index contributed by atoms with van der Waals surface area (Å²) in [7, 11) is 0. The molecule has 21 atom stereocenters. The molecule has 3 heterocycles. The molecule has 6 N–H and O–H groups in total. The van der Waals surface area contributed by atoms with Crippen LogP contribution in [0, 0.1) is 50.7 Å². The predicted octanol–water partition coefficient (Wildman–Crippen LogP) is 2.01. The molecule has 55 heavy (non-hydrogen) atoms. The lowest BCUT2D eigenvalue weighted by Crippen LogP contribution is -2.64. The van der Waals surface area contributed by atoms with Crippen LogP contribution in [0.2, 0.25) is 0 Å². The molecule has 0 amide bonds. The van der Waals surface area contributed by atoms with Crippen LogP contribution in [0.4, 0.5) is 0 Å². The Morgan fingerprint density at radius 2 is 1.60 bits per heavy atom. The molecule has 0 aromatic carbocycles. The van der Waals surface area contributed by atoms with Gasteiger partial charge in [-0.3, -0.25) is 4.79 Å². The van der Waals surface area contributed by atoms with E-state index in [1.54, 1.807) is 0 Å². The van der Waals surface area contributed by atoms with Gasteiger partial charge < -0.3 is 63.8 Å². The van der Waals surface area contributed by atoms with Crippen molar-refractivity contribution in [3.05, 3.63) is 0 Å². The van der Waals surface area contributed by atoms with Gasteiger partial charge in [0.15, 0.2) is 18.9 Å². The zero-order valence-corrected chi connectivity index (χ0v) is 33.5. The Morgan fingerprint density at radius 1 is 0.855 bits per heavy atom. The zero-order chi connectivity index (χ0) is 39.6. The number of hydrogen-bond acceptors (Lipinski definition) is 14. The van der Waals surface area contributed by atoms with E-state index < -0.39 is 73.4 Å². The normalized spacial score (nSPS) is 56.6. The van der Waals surface area contributed by atoms with Crippen LogP contribution in [0.1, 0.15) is 99.8 Å². The first-order valence-electron chi connectivity index (χ1n) is 20.9. The molecule has 5 aliphatic carbocycles. The summed E-state index contributed by atoms with van der Waals surface area (Å²) in [5.41, 5.74) is -0.401. The number of carbonyl (C=O) groups is 1. The summed E-state index contributed by atoms with van der Waals surface area (Å²) in [5.74, 6) is 0.959. The van der Waals surface area contributed by atoms with Crippen molar-refractivity contribution < 1.29 is 68.6 Å². The van der Waals surface area contributed by atoms with Crippen LogP contribution in [-0.2, 0) is 38.0 Å². The van der Waals surface area contributed by atoms with Gasteiger partial charge in [-0.1, -0.05) is 34.6 Å². The van der Waals surface area contributed by atoms with E-state index in [1.807, 2.05) is 6.92 Å². The summed E-state index contributed by atoms with van der Waals surface area (Å²) < 4.78 is 43.5. The highest BCUT2D eigenvalue weighted by molar-refractivity contribution is 5.66. The third kappa shape index (κ3) is 5.89. The Labute approximate surface area is 324 Å². The molecule has 5 saturated carbocycles. The van der Waals surface area contributed by atoms with Crippen molar-refractivity contribution in [3.63, 3.8) is 0 Å². The average Bonchev–Trinajstić information content (AvgIpc) is 3.70. The number of rotatable bonds is 8. The third-order valence-corrected chi connectivity index (χ3v) is 17.1. The number of carbonyl (C=O) groups excluding carboxylic acids is 1. The minimum absolute atomic E-state index is 0.0117. The number of hydrogen-bond donors (Lipinski definition) is 6. The Bertz CT molecular complexity index is 1450. The fourth-order valence-electron chi connectivity index (χ4n) is 14.6. The van der Waals surface area contributed by atoms with E-state index >= 15 is 0 Å². The highest BCUT2D eigenvalue weighted by atomic mass is 16.8. The molecule has 14 nitrogen and oxygen atoms in total. The Hall–Kier alpha value is -1.01. The van der Waals surface area contributed by atoms with E-state index in [2.05, 4.69) is 34.6 Å². The van der Waals surface area contributed by atoms with Crippen LogP contribution in [0.3, 0.4) is 0 Å². The molecule has 3 saturated heterocycles. The van der Waals surface area contributed by atoms with Gasteiger partial charge in [-0.25, -0.2) is 0 Å². The topological polar surface area (TPSA) is 203 Å². The van der Waals surface area contributed by atoms with Crippen molar-refractivity contribution in [1.82, 2.24) is 0 Å². The van der Waals surface area contributed by atoms with Gasteiger partial charge in [-0.15, -0.1) is 0 Å². The zero-order valence-electron chi connectivity index (χ0n) is 33.5. The van der Waals surface area contributed by atoms with E-state index in [9.17, 15) is 35.4 Å². The molecule has 0 radical (unpaired) electrons. The summed E-state index contributed by atoms with van der Waals surface area (Å²) in [5, 5.41) is 62.9. The highest BCUT2D eigenvalue weighted by Crippen LogP contribution is 2.89. The van der Waals surface area contributed by atoms with Crippen molar-refractivity contribution in [2.24, 2.45) is 50.7 Å². The predicted molar refractivity (Wildman–Crippen MR) is 193 cm³/mol. The maximum Gasteiger partial charge on any atom is 0.302 e. The molecule has 0 aromatic rings.